The van der Waals surface area contributed by atoms with Gasteiger partial charge in [0, 0.05) is 11.7 Å². The first kappa shape index (κ1) is 22.7. The molecule has 2 aromatic rings. The highest BCUT2D eigenvalue weighted by Gasteiger charge is 2.22. The molecule has 3 N–H and O–H groups in total. The van der Waals surface area contributed by atoms with Gasteiger partial charge in [-0.3, -0.25) is 4.79 Å². The third kappa shape index (κ3) is 5.46. The van der Waals surface area contributed by atoms with Gasteiger partial charge in [-0.2, -0.15) is 0 Å². The number of anilines is 1. The summed E-state index contributed by atoms with van der Waals surface area (Å²) in [5.74, 6) is -1.93. The number of hydrogen-bond donors (Lipinski definition) is 3. The molecule has 1 amide bonds. The van der Waals surface area contributed by atoms with Crippen molar-refractivity contribution >= 4 is 21.6 Å². The molecule has 2 rings (SSSR count). The van der Waals surface area contributed by atoms with E-state index in [4.69, 9.17) is 9.84 Å². The molecule has 0 heterocycles. The number of carbonyl (C=O) groups excluding carboxylic acids is 1. The van der Waals surface area contributed by atoms with Crippen LogP contribution in [0, 0.1) is 5.82 Å². The van der Waals surface area contributed by atoms with E-state index in [1.807, 2.05) is 0 Å². The van der Waals surface area contributed by atoms with Crippen molar-refractivity contribution in [2.45, 2.75) is 24.3 Å². The van der Waals surface area contributed by atoms with Crippen molar-refractivity contribution in [1.29, 1.82) is 0 Å². The van der Waals surface area contributed by atoms with Gasteiger partial charge in [-0.25, -0.2) is 26.3 Å². The second-order valence-corrected chi connectivity index (χ2v) is 7.77. The minimum atomic E-state index is -4.04. The molecule has 0 bridgehead atoms. The maximum atomic E-state index is 13.4. The Bertz CT molecular complexity index is 999. The number of alkyl halides is 2. The Morgan fingerprint density at radius 2 is 1.90 bits per heavy atom. The molecule has 0 saturated carbocycles. The van der Waals surface area contributed by atoms with Gasteiger partial charge in [-0.05, 0) is 43.3 Å². The monoisotopic (exact) mass is 432 g/mol. The number of sulfonamides is 1. The average molecular weight is 432 g/mol. The number of hydrogen-bond acceptors (Lipinski definition) is 5. The quantitative estimate of drug-likeness (QED) is 0.595. The summed E-state index contributed by atoms with van der Waals surface area (Å²) in [6.45, 7) is 1.02. The molecule has 0 aliphatic rings. The van der Waals surface area contributed by atoms with Crippen LogP contribution in [0.1, 0.15) is 29.3 Å². The molecule has 158 valence electrons. The van der Waals surface area contributed by atoms with E-state index in [0.29, 0.717) is 0 Å². The topological polar surface area (TPSA) is 105 Å². The lowest BCUT2D eigenvalue weighted by Gasteiger charge is -2.14. The lowest BCUT2D eigenvalue weighted by molar-refractivity contribution is 0.102. The van der Waals surface area contributed by atoms with Crippen molar-refractivity contribution in [1.82, 2.24) is 4.72 Å². The Hall–Kier alpha value is -2.63. The standard InChI is InChI=1S/C18H19F3N2O5S/c1-10(9-24)23-29(26,27)12-4-6-16(28-2)14(8-12)18(25)22-11-3-5-15(19)13(7-11)17(20)21/h3-8,10,17,23-24H,9H2,1-2H3,(H,22,25)/t10-/m0/s1. The van der Waals surface area contributed by atoms with E-state index in [1.165, 1.54) is 26.2 Å². The minimum absolute atomic E-state index is 0.0350. The van der Waals surface area contributed by atoms with Crippen molar-refractivity contribution in [2.75, 3.05) is 19.0 Å². The summed E-state index contributed by atoms with van der Waals surface area (Å²) in [5.41, 5.74) is -1.17. The van der Waals surface area contributed by atoms with Crippen LogP contribution in [0.25, 0.3) is 0 Å². The predicted octanol–water partition coefficient (Wildman–Crippen LogP) is 2.68. The summed E-state index contributed by atoms with van der Waals surface area (Å²) < 4.78 is 71.1. The summed E-state index contributed by atoms with van der Waals surface area (Å²) in [6, 6.07) is 5.41. The fraction of sp³-hybridized carbons (Fsp3) is 0.278. The second-order valence-electron chi connectivity index (χ2n) is 6.06. The predicted molar refractivity (Wildman–Crippen MR) is 99.2 cm³/mol. The Balaban J connectivity index is 2.38. The smallest absolute Gasteiger partial charge is 0.266 e. The molecule has 0 aliphatic heterocycles. The Labute approximate surface area is 165 Å². The van der Waals surface area contributed by atoms with E-state index in [1.54, 1.807) is 0 Å². The normalized spacial score (nSPS) is 12.7. The number of amides is 1. The van der Waals surface area contributed by atoms with Crippen LogP contribution >= 0.6 is 0 Å². The van der Waals surface area contributed by atoms with Crippen LogP contribution < -0.4 is 14.8 Å². The van der Waals surface area contributed by atoms with Crippen LogP contribution in [0.5, 0.6) is 5.75 Å². The fourth-order valence-corrected chi connectivity index (χ4v) is 3.65. The van der Waals surface area contributed by atoms with Gasteiger partial charge >= 0.3 is 0 Å². The molecular formula is C18H19F3N2O5S. The van der Waals surface area contributed by atoms with Gasteiger partial charge in [0.25, 0.3) is 12.3 Å². The first-order valence-electron chi connectivity index (χ1n) is 8.29. The molecule has 0 radical (unpaired) electrons. The lowest BCUT2D eigenvalue weighted by Crippen LogP contribution is -2.35. The average Bonchev–Trinajstić information content (AvgIpc) is 2.68. The molecule has 11 heteroatoms. The molecule has 0 fully saturated rings. The number of aliphatic hydroxyl groups excluding tert-OH is 1. The molecule has 0 aromatic heterocycles. The first-order chi connectivity index (χ1) is 13.6. The number of nitrogens with one attached hydrogen (secondary N) is 2. The lowest BCUT2D eigenvalue weighted by atomic mass is 10.1. The number of rotatable bonds is 8. The van der Waals surface area contributed by atoms with Crippen molar-refractivity contribution in [3.63, 3.8) is 0 Å². The summed E-state index contributed by atoms with van der Waals surface area (Å²) in [7, 11) is -2.78. The SMILES string of the molecule is COc1ccc(S(=O)(=O)N[C@@H](C)CO)cc1C(=O)Nc1ccc(F)c(C(F)F)c1. The van der Waals surface area contributed by atoms with Crippen molar-refractivity contribution in [2.24, 2.45) is 0 Å². The molecular weight excluding hydrogens is 413 g/mol. The van der Waals surface area contributed by atoms with Gasteiger partial charge in [0.2, 0.25) is 10.0 Å². The highest BCUT2D eigenvalue weighted by atomic mass is 32.2. The van der Waals surface area contributed by atoms with Crippen LogP contribution in [0.3, 0.4) is 0 Å². The third-order valence-corrected chi connectivity index (χ3v) is 5.43. The zero-order valence-corrected chi connectivity index (χ0v) is 16.3. The largest absolute Gasteiger partial charge is 0.496 e. The molecule has 0 spiro atoms. The molecule has 7 nitrogen and oxygen atoms in total. The third-order valence-electron chi connectivity index (χ3n) is 3.85. The summed E-state index contributed by atoms with van der Waals surface area (Å²) >= 11 is 0. The minimum Gasteiger partial charge on any atom is -0.496 e. The van der Waals surface area contributed by atoms with Gasteiger partial charge in [-0.15, -0.1) is 0 Å². The van der Waals surface area contributed by atoms with Gasteiger partial charge in [0.15, 0.2) is 0 Å². The molecule has 0 aliphatic carbocycles. The van der Waals surface area contributed by atoms with Crippen molar-refractivity contribution in [3.05, 3.63) is 53.3 Å². The van der Waals surface area contributed by atoms with Gasteiger partial charge < -0.3 is 15.2 Å². The van der Waals surface area contributed by atoms with E-state index >= 15 is 0 Å². The Kier molecular flexibility index (Phi) is 7.22. The molecule has 0 saturated heterocycles. The second kappa shape index (κ2) is 9.25. The maximum absolute atomic E-state index is 13.4. The maximum Gasteiger partial charge on any atom is 0.266 e. The van der Waals surface area contributed by atoms with Crippen LogP contribution in [0.2, 0.25) is 0 Å². The van der Waals surface area contributed by atoms with Gasteiger partial charge in [-0.1, -0.05) is 0 Å². The number of aliphatic hydroxyl groups is 1. The van der Waals surface area contributed by atoms with Crippen molar-refractivity contribution < 1.29 is 36.2 Å². The first-order valence-corrected chi connectivity index (χ1v) is 9.77. The number of methoxy groups -OCH3 is 1. The molecule has 0 unspecified atom stereocenters. The Morgan fingerprint density at radius 3 is 2.48 bits per heavy atom. The van der Waals surface area contributed by atoms with Crippen LogP contribution in [-0.2, 0) is 10.0 Å². The number of ether oxygens (including phenoxy) is 1. The number of carbonyl (C=O) groups is 1. The molecule has 2 aromatic carbocycles. The number of benzene rings is 2. The van der Waals surface area contributed by atoms with E-state index in [-0.39, 0.29) is 21.9 Å². The van der Waals surface area contributed by atoms with Crippen LogP contribution in [-0.4, -0.2) is 39.2 Å². The molecule has 29 heavy (non-hydrogen) atoms. The highest BCUT2D eigenvalue weighted by molar-refractivity contribution is 7.89. The zero-order valence-electron chi connectivity index (χ0n) is 15.4. The summed E-state index contributed by atoms with van der Waals surface area (Å²) in [4.78, 5) is 12.3. The van der Waals surface area contributed by atoms with Gasteiger partial charge in [0.05, 0.1) is 29.7 Å². The van der Waals surface area contributed by atoms with Crippen LogP contribution in [0.4, 0.5) is 18.9 Å². The van der Waals surface area contributed by atoms with E-state index in [9.17, 15) is 26.4 Å². The van der Waals surface area contributed by atoms with E-state index in [2.05, 4.69) is 10.0 Å². The van der Waals surface area contributed by atoms with Gasteiger partial charge in [0.1, 0.15) is 11.6 Å². The zero-order chi connectivity index (χ0) is 21.8. The highest BCUT2D eigenvalue weighted by Crippen LogP contribution is 2.27. The fourth-order valence-electron chi connectivity index (χ4n) is 2.39. The summed E-state index contributed by atoms with van der Waals surface area (Å²) in [5, 5.41) is 11.3. The number of halogens is 3. The Morgan fingerprint density at radius 1 is 1.21 bits per heavy atom. The molecule has 1 atom stereocenters. The van der Waals surface area contributed by atoms with E-state index < -0.39 is 46.4 Å². The summed E-state index contributed by atoms with van der Waals surface area (Å²) in [6.07, 6.45) is -3.07. The van der Waals surface area contributed by atoms with Crippen LogP contribution in [0.15, 0.2) is 41.3 Å². The van der Waals surface area contributed by atoms with E-state index in [0.717, 1.165) is 24.3 Å². The van der Waals surface area contributed by atoms with Crippen molar-refractivity contribution in [3.8, 4) is 5.75 Å².